The molecule has 0 aliphatic heterocycles. The van der Waals surface area contributed by atoms with Gasteiger partial charge in [0, 0.05) is 0 Å². The van der Waals surface area contributed by atoms with E-state index in [0.29, 0.717) is 0 Å². The third-order valence-corrected chi connectivity index (χ3v) is 1.90. The molecule has 0 nitrogen and oxygen atoms in total. The highest BCUT2D eigenvalue weighted by molar-refractivity contribution is 5.36. The molecule has 0 atom stereocenters. The molecule has 0 unspecified atom stereocenters. The van der Waals surface area contributed by atoms with Crippen LogP contribution in [0.1, 0.15) is 33.1 Å². The molecule has 0 aromatic heterocycles. The van der Waals surface area contributed by atoms with E-state index >= 15 is 0 Å². The molecule has 9 heavy (non-hydrogen) atoms. The fourth-order valence-corrected chi connectivity index (χ4v) is 1.35. The van der Waals surface area contributed by atoms with Gasteiger partial charge in [0.05, 0.1) is 0 Å². The van der Waals surface area contributed by atoms with E-state index in [-0.39, 0.29) is 0 Å². The van der Waals surface area contributed by atoms with Crippen molar-refractivity contribution in [3.63, 3.8) is 0 Å². The van der Waals surface area contributed by atoms with Crippen LogP contribution in [0.5, 0.6) is 0 Å². The van der Waals surface area contributed by atoms with Crippen molar-refractivity contribution in [2.24, 2.45) is 0 Å². The van der Waals surface area contributed by atoms with Crippen molar-refractivity contribution in [1.82, 2.24) is 0 Å². The minimum atomic E-state index is 1.17. The third-order valence-electron chi connectivity index (χ3n) is 1.90. The lowest BCUT2D eigenvalue weighted by Gasteiger charge is -2.00. The lowest BCUT2D eigenvalue weighted by Crippen LogP contribution is -1.80. The summed E-state index contributed by atoms with van der Waals surface area (Å²) in [7, 11) is 0. The molecular formula is C9H14. The number of hydrogen-bond donors (Lipinski definition) is 0. The molecule has 0 saturated carbocycles. The van der Waals surface area contributed by atoms with Crippen LogP contribution in [0.3, 0.4) is 0 Å². The second-order valence-corrected chi connectivity index (χ2v) is 2.40. The van der Waals surface area contributed by atoms with Crippen molar-refractivity contribution in [2.45, 2.75) is 33.1 Å². The summed E-state index contributed by atoms with van der Waals surface area (Å²) < 4.78 is 0. The lowest BCUT2D eigenvalue weighted by molar-refractivity contribution is 1.04. The van der Waals surface area contributed by atoms with E-state index in [1.54, 1.807) is 11.1 Å². The van der Waals surface area contributed by atoms with Gasteiger partial charge in [0.1, 0.15) is 0 Å². The molecule has 0 N–H and O–H groups in total. The second kappa shape index (κ2) is 2.86. The van der Waals surface area contributed by atoms with Gasteiger partial charge >= 0.3 is 0 Å². The van der Waals surface area contributed by atoms with Gasteiger partial charge in [-0.25, -0.2) is 0 Å². The molecule has 0 fully saturated rings. The van der Waals surface area contributed by atoms with Gasteiger partial charge in [0.25, 0.3) is 0 Å². The molecule has 0 aromatic carbocycles. The first-order valence-corrected chi connectivity index (χ1v) is 3.77. The smallest absolute Gasteiger partial charge is 0.0157 e. The standard InChI is InChI=1S/C9H14/c1-3-8-6-5-7-9(8)4-2/h6-7H,3-5H2,1-2H3. The molecule has 0 amide bonds. The van der Waals surface area contributed by atoms with Crippen molar-refractivity contribution in [1.29, 1.82) is 0 Å². The molecule has 0 spiro atoms. The minimum Gasteiger partial charge on any atom is -0.0773 e. The Bertz CT molecular complexity index is 131. The molecule has 0 heterocycles. The van der Waals surface area contributed by atoms with Gasteiger partial charge in [0.2, 0.25) is 0 Å². The van der Waals surface area contributed by atoms with Crippen LogP contribution >= 0.6 is 0 Å². The van der Waals surface area contributed by atoms with Gasteiger partial charge in [-0.05, 0) is 30.4 Å². The quantitative estimate of drug-likeness (QED) is 0.528. The highest BCUT2D eigenvalue weighted by atomic mass is 14.1. The van der Waals surface area contributed by atoms with Gasteiger partial charge < -0.3 is 0 Å². The van der Waals surface area contributed by atoms with E-state index in [2.05, 4.69) is 26.0 Å². The van der Waals surface area contributed by atoms with Crippen LogP contribution in [-0.4, -0.2) is 0 Å². The number of allylic oxidation sites excluding steroid dienone is 4. The SMILES string of the molecule is CCC1=CCC=C1CC. The zero-order chi connectivity index (χ0) is 6.69. The predicted molar refractivity (Wildman–Crippen MR) is 41.4 cm³/mol. The molecule has 50 valence electrons. The average Bonchev–Trinajstić information content (AvgIpc) is 2.33. The first-order chi connectivity index (χ1) is 4.38. The Labute approximate surface area is 57.3 Å². The van der Waals surface area contributed by atoms with E-state index in [0.717, 1.165) is 0 Å². The van der Waals surface area contributed by atoms with Crippen LogP contribution in [0, 0.1) is 0 Å². The molecule has 0 aromatic rings. The van der Waals surface area contributed by atoms with Crippen LogP contribution in [-0.2, 0) is 0 Å². The van der Waals surface area contributed by atoms with Crippen molar-refractivity contribution >= 4 is 0 Å². The molecular weight excluding hydrogens is 108 g/mol. The third kappa shape index (κ3) is 1.24. The molecule has 0 saturated heterocycles. The van der Waals surface area contributed by atoms with E-state index in [9.17, 15) is 0 Å². The second-order valence-electron chi connectivity index (χ2n) is 2.40. The highest BCUT2D eigenvalue weighted by Crippen LogP contribution is 2.23. The molecule has 0 radical (unpaired) electrons. The van der Waals surface area contributed by atoms with E-state index in [1.807, 2.05) is 0 Å². The molecule has 1 aliphatic rings. The maximum Gasteiger partial charge on any atom is -0.0157 e. The van der Waals surface area contributed by atoms with E-state index in [1.165, 1.54) is 19.3 Å². The zero-order valence-electron chi connectivity index (χ0n) is 6.28. The Kier molecular flexibility index (Phi) is 2.10. The summed E-state index contributed by atoms with van der Waals surface area (Å²) in [5, 5.41) is 0. The normalized spacial score (nSPS) is 17.6. The molecule has 1 aliphatic carbocycles. The van der Waals surface area contributed by atoms with Crippen molar-refractivity contribution in [3.8, 4) is 0 Å². The largest absolute Gasteiger partial charge is 0.0773 e. The minimum absolute atomic E-state index is 1.17. The first kappa shape index (κ1) is 6.60. The van der Waals surface area contributed by atoms with Crippen molar-refractivity contribution < 1.29 is 0 Å². The summed E-state index contributed by atoms with van der Waals surface area (Å²) in [6, 6.07) is 0. The molecule has 0 heteroatoms. The van der Waals surface area contributed by atoms with Crippen LogP contribution < -0.4 is 0 Å². The molecule has 0 bridgehead atoms. The number of hydrogen-bond acceptors (Lipinski definition) is 0. The van der Waals surface area contributed by atoms with Crippen molar-refractivity contribution in [3.05, 3.63) is 23.3 Å². The highest BCUT2D eigenvalue weighted by Gasteiger charge is 2.03. The van der Waals surface area contributed by atoms with Gasteiger partial charge in [-0.15, -0.1) is 0 Å². The van der Waals surface area contributed by atoms with Crippen molar-refractivity contribution in [2.75, 3.05) is 0 Å². The zero-order valence-corrected chi connectivity index (χ0v) is 6.28. The Morgan fingerprint density at radius 1 is 1.11 bits per heavy atom. The summed E-state index contributed by atoms with van der Waals surface area (Å²) in [5.74, 6) is 0. The molecule has 1 rings (SSSR count). The summed E-state index contributed by atoms with van der Waals surface area (Å²) >= 11 is 0. The van der Waals surface area contributed by atoms with Gasteiger partial charge in [-0.1, -0.05) is 26.0 Å². The number of rotatable bonds is 2. The Balaban J connectivity index is 2.62. The summed E-state index contributed by atoms with van der Waals surface area (Å²) in [6.45, 7) is 4.45. The van der Waals surface area contributed by atoms with Crippen LogP contribution in [0.4, 0.5) is 0 Å². The summed E-state index contributed by atoms with van der Waals surface area (Å²) in [5.41, 5.74) is 3.13. The van der Waals surface area contributed by atoms with E-state index < -0.39 is 0 Å². The maximum absolute atomic E-state index is 2.33. The van der Waals surface area contributed by atoms with Gasteiger partial charge in [0.15, 0.2) is 0 Å². The van der Waals surface area contributed by atoms with Crippen LogP contribution in [0.25, 0.3) is 0 Å². The van der Waals surface area contributed by atoms with Gasteiger partial charge in [-0.3, -0.25) is 0 Å². The van der Waals surface area contributed by atoms with Gasteiger partial charge in [-0.2, -0.15) is 0 Å². The lowest BCUT2D eigenvalue weighted by atomic mass is 10.1. The first-order valence-electron chi connectivity index (χ1n) is 3.77. The summed E-state index contributed by atoms with van der Waals surface area (Å²) in [4.78, 5) is 0. The van der Waals surface area contributed by atoms with E-state index in [4.69, 9.17) is 0 Å². The Hall–Kier alpha value is -0.520. The fraction of sp³-hybridized carbons (Fsp3) is 0.556. The topological polar surface area (TPSA) is 0 Å². The monoisotopic (exact) mass is 122 g/mol. The van der Waals surface area contributed by atoms with Crippen LogP contribution in [0.2, 0.25) is 0 Å². The fourth-order valence-electron chi connectivity index (χ4n) is 1.35. The maximum atomic E-state index is 2.33. The Morgan fingerprint density at radius 3 is 1.89 bits per heavy atom. The van der Waals surface area contributed by atoms with Crippen LogP contribution in [0.15, 0.2) is 23.3 Å². The Morgan fingerprint density at radius 2 is 1.56 bits per heavy atom. The average molecular weight is 122 g/mol. The predicted octanol–water partition coefficient (Wildman–Crippen LogP) is 3.06. The summed E-state index contributed by atoms with van der Waals surface area (Å²) in [6.07, 6.45) is 8.25.